The van der Waals surface area contributed by atoms with Gasteiger partial charge < -0.3 is 0 Å². The molecule has 10 heavy (non-hydrogen) atoms. The molecule has 0 aliphatic rings. The predicted octanol–water partition coefficient (Wildman–Crippen LogP) is 1.68. The average Bonchev–Trinajstić information content (AvgIpc) is 1.97. The highest BCUT2D eigenvalue weighted by Crippen LogP contribution is 2.04. The summed E-state index contributed by atoms with van der Waals surface area (Å²) < 4.78 is 0. The molecule has 0 aromatic heterocycles. The van der Waals surface area contributed by atoms with E-state index in [0.717, 1.165) is 0 Å². The van der Waals surface area contributed by atoms with Gasteiger partial charge in [0.25, 0.3) is 0 Å². The lowest BCUT2D eigenvalue weighted by molar-refractivity contribution is 0.656. The molecule has 0 radical (unpaired) electrons. The molecule has 2 heteroatoms. The fraction of sp³-hybridized carbons (Fsp3) is 1.00. The van der Waals surface area contributed by atoms with E-state index < -0.39 is 0 Å². The van der Waals surface area contributed by atoms with E-state index in [0.29, 0.717) is 18.1 Å². The van der Waals surface area contributed by atoms with Crippen LogP contribution in [0, 0.1) is 0 Å². The van der Waals surface area contributed by atoms with Crippen LogP contribution in [0.1, 0.15) is 39.0 Å². The van der Waals surface area contributed by atoms with Crippen molar-refractivity contribution in [2.45, 2.75) is 51.6 Å². The van der Waals surface area contributed by atoms with Crippen LogP contribution in [0.2, 0.25) is 12.6 Å². The van der Waals surface area contributed by atoms with Crippen molar-refractivity contribution in [3.8, 4) is 0 Å². The van der Waals surface area contributed by atoms with Gasteiger partial charge in [0, 0.05) is 18.1 Å². The zero-order chi connectivity index (χ0) is 7.66. The molecule has 0 aromatic carbocycles. The second-order valence-corrected chi connectivity index (χ2v) is 10.7. The molecule has 0 saturated heterocycles. The molecule has 0 fully saturated rings. The first kappa shape index (κ1) is 10.4. The Labute approximate surface area is 70.2 Å². The van der Waals surface area contributed by atoms with Gasteiger partial charge in [-0.15, -0.1) is 0 Å². The van der Waals surface area contributed by atoms with E-state index >= 15 is 0 Å². The van der Waals surface area contributed by atoms with E-state index in [9.17, 15) is 0 Å². The first-order chi connectivity index (χ1) is 4.91. The van der Waals surface area contributed by atoms with Crippen LogP contribution in [0.15, 0.2) is 0 Å². The van der Waals surface area contributed by atoms with Gasteiger partial charge in [0.1, 0.15) is 0 Å². The normalized spacial score (nSPS) is 12.6. The van der Waals surface area contributed by atoms with Gasteiger partial charge in [-0.25, -0.2) is 0 Å². The minimum Gasteiger partial charge on any atom is -0.0771 e. The largest absolute Gasteiger partial charge is 0.0771 e. The van der Waals surface area contributed by atoms with Crippen molar-refractivity contribution in [2.24, 2.45) is 0 Å². The van der Waals surface area contributed by atoms with Crippen LogP contribution in [0.3, 0.4) is 0 Å². The van der Waals surface area contributed by atoms with E-state index in [1.165, 1.54) is 25.7 Å². The van der Waals surface area contributed by atoms with Crippen molar-refractivity contribution in [2.75, 3.05) is 0 Å². The lowest BCUT2D eigenvalue weighted by atomic mass is 10.2. The van der Waals surface area contributed by atoms with Gasteiger partial charge in [-0.2, -0.15) is 0 Å². The van der Waals surface area contributed by atoms with Crippen molar-refractivity contribution >= 4 is 18.1 Å². The molecule has 0 nitrogen and oxygen atoms in total. The fourth-order valence-corrected chi connectivity index (χ4v) is 4.97. The van der Waals surface area contributed by atoms with E-state index in [1.807, 2.05) is 0 Å². The molecule has 0 aliphatic carbocycles. The number of unbranched alkanes of at least 4 members (excludes halogenated alkanes) is 4. The molecule has 0 aromatic rings. The smallest absolute Gasteiger partial charge is 0.00770 e. The van der Waals surface area contributed by atoms with Gasteiger partial charge in [0.05, 0.1) is 0 Å². The monoisotopic (exact) mass is 174 g/mol. The van der Waals surface area contributed by atoms with Gasteiger partial charge in [-0.3, -0.25) is 0 Å². The summed E-state index contributed by atoms with van der Waals surface area (Å²) in [7, 11) is 1.04. The lowest BCUT2D eigenvalue weighted by Crippen LogP contribution is -1.96. The Balaban J connectivity index is 2.65. The summed E-state index contributed by atoms with van der Waals surface area (Å²) in [4.78, 5) is 0. The molecule has 0 saturated carbocycles. The maximum Gasteiger partial charge on any atom is 0.00770 e. The van der Waals surface area contributed by atoms with Gasteiger partial charge in [0.2, 0.25) is 0 Å². The number of hydrogen-bond donors (Lipinski definition) is 0. The highest BCUT2D eigenvalue weighted by molar-refractivity contribution is 6.99. The van der Waals surface area contributed by atoms with Crippen molar-refractivity contribution in [1.82, 2.24) is 0 Å². The number of rotatable bonds is 7. The molecule has 0 rings (SSSR count). The van der Waals surface area contributed by atoms with Gasteiger partial charge >= 0.3 is 0 Å². The van der Waals surface area contributed by atoms with Crippen molar-refractivity contribution in [1.29, 1.82) is 0 Å². The molecular formula is C8H22Si2. The van der Waals surface area contributed by atoms with E-state index in [4.69, 9.17) is 0 Å². The first-order valence-corrected chi connectivity index (χ1v) is 11.3. The van der Waals surface area contributed by atoms with Crippen LogP contribution in [-0.2, 0) is 0 Å². The summed E-state index contributed by atoms with van der Waals surface area (Å²) in [6.07, 6.45) is 7.43. The molecule has 0 N–H and O–H groups in total. The Morgan fingerprint density at radius 3 is 2.30 bits per heavy atom. The minimum absolute atomic E-state index is 0.513. The van der Waals surface area contributed by atoms with Gasteiger partial charge in [-0.05, 0) is 0 Å². The predicted molar refractivity (Wildman–Crippen MR) is 56.5 cm³/mol. The third-order valence-electron chi connectivity index (χ3n) is 1.96. The van der Waals surface area contributed by atoms with Crippen LogP contribution < -0.4 is 0 Å². The molecule has 0 unspecified atom stereocenters. The van der Waals surface area contributed by atoms with E-state index in [1.54, 1.807) is 12.5 Å². The summed E-state index contributed by atoms with van der Waals surface area (Å²) >= 11 is 0. The standard InChI is InChI=1S/C8H22Si2/c1-3-4-5-6-7-8-10-9-2/h3-10H2,1-2H3. The van der Waals surface area contributed by atoms with Gasteiger partial charge in [-0.1, -0.05) is 51.6 Å². The molecule has 0 heterocycles. The van der Waals surface area contributed by atoms with Gasteiger partial charge in [0.15, 0.2) is 0 Å². The summed E-state index contributed by atoms with van der Waals surface area (Å²) in [6, 6.07) is 1.66. The third-order valence-corrected chi connectivity index (χ3v) is 7.29. The SMILES string of the molecule is CCCCCCC[SiH2][SiH2]C. The molecule has 0 bridgehead atoms. The maximum absolute atomic E-state index is 2.47. The zero-order valence-corrected chi connectivity index (χ0v) is 10.5. The second-order valence-electron chi connectivity index (χ2n) is 3.12. The molecular weight excluding hydrogens is 152 g/mol. The maximum atomic E-state index is 2.47. The minimum atomic E-state index is 0.513. The van der Waals surface area contributed by atoms with E-state index in [-0.39, 0.29) is 0 Å². The summed E-state index contributed by atoms with van der Waals surface area (Å²) in [5.41, 5.74) is 0. The van der Waals surface area contributed by atoms with Crippen molar-refractivity contribution in [3.05, 3.63) is 0 Å². The highest BCUT2D eigenvalue weighted by atomic mass is 29.1. The summed E-state index contributed by atoms with van der Waals surface area (Å²) in [5.74, 6) is 0. The topological polar surface area (TPSA) is 0 Å². The average molecular weight is 174 g/mol. The Morgan fingerprint density at radius 1 is 1.00 bits per heavy atom. The second kappa shape index (κ2) is 9.43. The zero-order valence-electron chi connectivity index (χ0n) is 7.66. The summed E-state index contributed by atoms with van der Waals surface area (Å²) in [6.45, 7) is 4.76. The summed E-state index contributed by atoms with van der Waals surface area (Å²) in [5, 5.41) is 0. The Bertz CT molecular complexity index is 47.2. The van der Waals surface area contributed by atoms with Crippen LogP contribution in [0.5, 0.6) is 0 Å². The quantitative estimate of drug-likeness (QED) is 0.407. The molecule has 0 aliphatic heterocycles. The first-order valence-electron chi connectivity index (χ1n) is 4.91. The lowest BCUT2D eigenvalue weighted by Gasteiger charge is -1.97. The van der Waals surface area contributed by atoms with E-state index in [2.05, 4.69) is 13.5 Å². The van der Waals surface area contributed by atoms with Crippen LogP contribution in [-0.4, -0.2) is 18.1 Å². The van der Waals surface area contributed by atoms with Crippen LogP contribution >= 0.6 is 0 Å². The molecule has 0 atom stereocenters. The van der Waals surface area contributed by atoms with Crippen molar-refractivity contribution in [3.63, 3.8) is 0 Å². The molecule has 0 amide bonds. The number of hydrogen-bond acceptors (Lipinski definition) is 0. The van der Waals surface area contributed by atoms with Crippen LogP contribution in [0.4, 0.5) is 0 Å². The van der Waals surface area contributed by atoms with Crippen LogP contribution in [0.25, 0.3) is 0 Å². The Morgan fingerprint density at radius 2 is 1.70 bits per heavy atom. The fourth-order valence-electron chi connectivity index (χ4n) is 1.21. The van der Waals surface area contributed by atoms with Crippen molar-refractivity contribution < 1.29 is 0 Å². The Kier molecular flexibility index (Phi) is 9.84. The molecule has 0 spiro atoms. The Hall–Kier alpha value is 0.434. The molecule has 62 valence electrons. The highest BCUT2D eigenvalue weighted by Gasteiger charge is 1.88. The third kappa shape index (κ3) is 8.43.